The van der Waals surface area contributed by atoms with Crippen molar-refractivity contribution in [3.8, 4) is 0 Å². The van der Waals surface area contributed by atoms with Crippen molar-refractivity contribution in [2.75, 3.05) is 0 Å². The molecule has 1 aliphatic heterocycles. The third-order valence-electron chi connectivity index (χ3n) is 6.41. The fraction of sp³-hybridized carbons (Fsp3) is 0.440. The molecule has 0 saturated carbocycles. The van der Waals surface area contributed by atoms with Crippen LogP contribution >= 0.6 is 11.6 Å². The van der Waals surface area contributed by atoms with Crippen LogP contribution in [-0.4, -0.2) is 31.8 Å². The van der Waals surface area contributed by atoms with Gasteiger partial charge in [0.15, 0.2) is 0 Å². The molecule has 172 valence electrons. The molecule has 4 unspecified atom stereocenters. The average Bonchev–Trinajstić information content (AvgIpc) is 2.76. The Hall–Kier alpha value is -2.18. The normalized spacial score (nSPS) is 19.7. The Bertz CT molecular complexity index is 967. The third kappa shape index (κ3) is 5.07. The molecule has 0 aliphatic carbocycles. The number of unbranched alkanes of at least 4 members (excludes halogenated alkanes) is 2. The van der Waals surface area contributed by atoms with Gasteiger partial charge in [-0.15, -0.1) is 0 Å². The molecule has 0 spiro atoms. The van der Waals surface area contributed by atoms with Gasteiger partial charge in [0, 0.05) is 21.7 Å². The fourth-order valence-electron chi connectivity index (χ4n) is 4.51. The molecule has 2 aromatic rings. The smallest absolute Gasteiger partial charge is 0.243 e. The lowest BCUT2D eigenvalue weighted by Crippen LogP contribution is -2.70. The summed E-state index contributed by atoms with van der Waals surface area (Å²) in [4.78, 5) is 27.3. The highest BCUT2D eigenvalue weighted by molar-refractivity contribution is 7.85. The Balaban J connectivity index is 1.94. The highest BCUT2D eigenvalue weighted by Gasteiger charge is 2.56. The molecule has 7 heteroatoms. The monoisotopic (exact) mass is 474 g/mol. The minimum Gasteiger partial charge on any atom is -0.368 e. The van der Waals surface area contributed by atoms with Gasteiger partial charge in [-0.2, -0.15) is 0 Å². The van der Waals surface area contributed by atoms with E-state index >= 15 is 0 Å². The van der Waals surface area contributed by atoms with Crippen LogP contribution in [0.3, 0.4) is 0 Å². The van der Waals surface area contributed by atoms with Gasteiger partial charge in [-0.05, 0) is 36.6 Å². The number of hydrogen-bond donors (Lipinski definition) is 1. The second-order valence-electron chi connectivity index (χ2n) is 8.54. The zero-order chi connectivity index (χ0) is 23.3. The minimum atomic E-state index is -1.35. The van der Waals surface area contributed by atoms with Gasteiger partial charge in [0.25, 0.3) is 0 Å². The van der Waals surface area contributed by atoms with Crippen LogP contribution in [0.4, 0.5) is 0 Å². The number of halogens is 1. The highest BCUT2D eigenvalue weighted by atomic mass is 35.5. The molecule has 0 bridgehead atoms. The number of amides is 2. The molecule has 1 aliphatic rings. The summed E-state index contributed by atoms with van der Waals surface area (Å²) in [5.41, 5.74) is 6.52. The lowest BCUT2D eigenvalue weighted by Gasteiger charge is -2.53. The average molecular weight is 475 g/mol. The van der Waals surface area contributed by atoms with Gasteiger partial charge in [-0.1, -0.05) is 80.3 Å². The number of nitrogens with zero attached hydrogens (tertiary/aromatic N) is 1. The molecule has 3 rings (SSSR count). The largest absolute Gasteiger partial charge is 0.368 e. The van der Waals surface area contributed by atoms with Crippen molar-refractivity contribution in [2.45, 2.75) is 68.5 Å². The van der Waals surface area contributed by atoms with E-state index in [9.17, 15) is 13.8 Å². The van der Waals surface area contributed by atoms with E-state index in [1.54, 1.807) is 19.1 Å². The Morgan fingerprint density at radius 2 is 1.84 bits per heavy atom. The summed E-state index contributed by atoms with van der Waals surface area (Å²) in [6.45, 7) is 3.84. The number of nitrogens with two attached hydrogens (primary N) is 1. The predicted molar refractivity (Wildman–Crippen MR) is 129 cm³/mol. The summed E-state index contributed by atoms with van der Waals surface area (Å²) < 4.78 is 13.2. The summed E-state index contributed by atoms with van der Waals surface area (Å²) in [7, 11) is -1.35. The van der Waals surface area contributed by atoms with Crippen molar-refractivity contribution in [1.29, 1.82) is 0 Å². The van der Waals surface area contributed by atoms with Crippen LogP contribution in [-0.2, 0) is 26.1 Å². The summed E-state index contributed by atoms with van der Waals surface area (Å²) >= 11 is 6.09. The van der Waals surface area contributed by atoms with Crippen molar-refractivity contribution < 1.29 is 13.8 Å². The quantitative estimate of drug-likeness (QED) is 0.376. The number of carbonyl (C=O) groups is 2. The topological polar surface area (TPSA) is 80.5 Å². The Morgan fingerprint density at radius 1 is 1.19 bits per heavy atom. The van der Waals surface area contributed by atoms with Crippen molar-refractivity contribution in [2.24, 2.45) is 5.73 Å². The first-order valence-electron chi connectivity index (χ1n) is 11.1. The number of hydrogen-bond acceptors (Lipinski definition) is 3. The zero-order valence-electron chi connectivity index (χ0n) is 18.6. The van der Waals surface area contributed by atoms with Crippen molar-refractivity contribution >= 4 is 34.2 Å². The van der Waals surface area contributed by atoms with Crippen LogP contribution < -0.4 is 5.73 Å². The van der Waals surface area contributed by atoms with Gasteiger partial charge in [0.2, 0.25) is 11.8 Å². The van der Waals surface area contributed by atoms with Crippen LogP contribution in [0.5, 0.6) is 0 Å². The van der Waals surface area contributed by atoms with Gasteiger partial charge in [-0.3, -0.25) is 13.8 Å². The molecule has 1 heterocycles. The zero-order valence-corrected chi connectivity index (χ0v) is 20.2. The van der Waals surface area contributed by atoms with E-state index in [1.165, 1.54) is 4.90 Å². The van der Waals surface area contributed by atoms with Gasteiger partial charge in [0.05, 0.1) is 12.2 Å². The highest BCUT2D eigenvalue weighted by Crippen LogP contribution is 2.43. The lowest BCUT2D eigenvalue weighted by atomic mass is 9.74. The van der Waals surface area contributed by atoms with Crippen molar-refractivity contribution in [1.82, 2.24) is 4.90 Å². The SMILES string of the molecule is CCCCCC(c1ccc(Cl)cc1)C(C)(C(N)=O)N1C(=O)CC1S(=O)Cc1ccccc1. The number of benzene rings is 2. The summed E-state index contributed by atoms with van der Waals surface area (Å²) in [5, 5.41) is 0.0601. The Morgan fingerprint density at radius 3 is 2.41 bits per heavy atom. The van der Waals surface area contributed by atoms with Gasteiger partial charge in [-0.25, -0.2) is 0 Å². The van der Waals surface area contributed by atoms with Gasteiger partial charge in [0.1, 0.15) is 10.9 Å². The van der Waals surface area contributed by atoms with Crippen LogP contribution in [0.2, 0.25) is 5.02 Å². The summed E-state index contributed by atoms with van der Waals surface area (Å²) in [5.74, 6) is -0.758. The summed E-state index contributed by atoms with van der Waals surface area (Å²) in [6.07, 6.45) is 3.79. The standard InChI is InChI=1S/C25H31ClN2O3S/c1-3-4-6-11-21(19-12-14-20(26)15-13-19)25(2,24(27)30)28-22(29)16-23(28)32(31)17-18-9-7-5-8-10-18/h5,7-10,12-15,21,23H,3-4,6,11,16-17H2,1-2H3,(H2,27,30). The second-order valence-corrected chi connectivity index (χ2v) is 10.6. The first-order valence-corrected chi connectivity index (χ1v) is 12.8. The molecule has 2 amide bonds. The minimum absolute atomic E-state index is 0.157. The maximum atomic E-state index is 13.2. The first-order chi connectivity index (χ1) is 15.3. The number of β-lactam (4-membered cyclic amide) rings is 1. The Labute approximate surface area is 197 Å². The predicted octanol–water partition coefficient (Wildman–Crippen LogP) is 4.76. The molecule has 1 saturated heterocycles. The molecule has 5 nitrogen and oxygen atoms in total. The second kappa shape index (κ2) is 10.6. The maximum absolute atomic E-state index is 13.2. The molecular weight excluding hydrogens is 444 g/mol. The van der Waals surface area contributed by atoms with Crippen LogP contribution in [0, 0.1) is 0 Å². The van der Waals surface area contributed by atoms with E-state index in [2.05, 4.69) is 6.92 Å². The number of primary amides is 1. The molecule has 2 aromatic carbocycles. The van der Waals surface area contributed by atoms with E-state index in [-0.39, 0.29) is 18.2 Å². The Kier molecular flexibility index (Phi) is 8.12. The first kappa shape index (κ1) is 24.5. The van der Waals surface area contributed by atoms with Crippen LogP contribution in [0.15, 0.2) is 54.6 Å². The lowest BCUT2D eigenvalue weighted by molar-refractivity contribution is -0.159. The van der Waals surface area contributed by atoms with E-state index in [1.807, 2.05) is 42.5 Å². The van der Waals surface area contributed by atoms with Gasteiger partial charge < -0.3 is 10.6 Å². The molecular formula is C25H31ClN2O3S. The van der Waals surface area contributed by atoms with E-state index in [4.69, 9.17) is 17.3 Å². The molecule has 4 atom stereocenters. The molecule has 1 fully saturated rings. The van der Waals surface area contributed by atoms with Crippen LogP contribution in [0.1, 0.15) is 63.0 Å². The van der Waals surface area contributed by atoms with Crippen molar-refractivity contribution in [3.05, 3.63) is 70.7 Å². The number of carbonyl (C=O) groups excluding carboxylic acids is 2. The van der Waals surface area contributed by atoms with Crippen LogP contribution in [0.25, 0.3) is 0 Å². The maximum Gasteiger partial charge on any atom is 0.243 e. The van der Waals surface area contributed by atoms with E-state index in [0.717, 1.165) is 30.4 Å². The summed E-state index contributed by atoms with van der Waals surface area (Å²) in [6, 6.07) is 16.9. The van der Waals surface area contributed by atoms with Crippen molar-refractivity contribution in [3.63, 3.8) is 0 Å². The van der Waals surface area contributed by atoms with E-state index in [0.29, 0.717) is 17.2 Å². The number of likely N-dealkylation sites (tertiary alicyclic amines) is 1. The molecule has 32 heavy (non-hydrogen) atoms. The molecule has 2 N–H and O–H groups in total. The molecule has 0 radical (unpaired) electrons. The number of rotatable bonds is 11. The third-order valence-corrected chi connectivity index (χ3v) is 8.26. The van der Waals surface area contributed by atoms with Gasteiger partial charge >= 0.3 is 0 Å². The molecule has 0 aromatic heterocycles. The fourth-order valence-corrected chi connectivity index (χ4v) is 6.25. The van der Waals surface area contributed by atoms with E-state index < -0.39 is 27.6 Å².